The molecule has 106 heavy (non-hydrogen) atoms. The quantitative estimate of drug-likeness (QED) is 0.149. The summed E-state index contributed by atoms with van der Waals surface area (Å²) in [4.78, 5) is 2.53. The number of hydrogen-bond donors (Lipinski definition) is 0. The molecule has 4 aliphatic heterocycles. The van der Waals surface area contributed by atoms with E-state index < -0.39 is 0 Å². The van der Waals surface area contributed by atoms with Gasteiger partial charge in [0.05, 0.1) is 39.4 Å². The molecule has 0 amide bonds. The van der Waals surface area contributed by atoms with Gasteiger partial charge in [-0.2, -0.15) is 5.26 Å². The molecule has 0 bridgehead atoms. The summed E-state index contributed by atoms with van der Waals surface area (Å²) < 4.78 is 27.3. The zero-order chi connectivity index (χ0) is 71.8. The second kappa shape index (κ2) is 23.3. The van der Waals surface area contributed by atoms with E-state index in [0.717, 1.165) is 173 Å². The van der Waals surface area contributed by atoms with Crippen molar-refractivity contribution in [3.8, 4) is 96.4 Å². The third-order valence-corrected chi connectivity index (χ3v) is 22.8. The summed E-state index contributed by atoms with van der Waals surface area (Å²) in [6, 6.07) is 107. The van der Waals surface area contributed by atoms with Crippen LogP contribution in [-0.2, 0) is 16.2 Å². The molecule has 506 valence electrons. The average Bonchev–Trinajstić information content (AvgIpc) is 0.724. The first-order chi connectivity index (χ1) is 51.4. The van der Waals surface area contributed by atoms with E-state index >= 15 is 0 Å². The minimum Gasteiger partial charge on any atom is -0.458 e. The molecule has 0 fully saturated rings. The van der Waals surface area contributed by atoms with Gasteiger partial charge in [-0.3, -0.25) is 0 Å². The Morgan fingerprint density at radius 2 is 0.726 bits per heavy atom. The number of fused-ring (bicyclic) bond motifs is 14. The molecule has 6 heterocycles. The number of ether oxygens (including phenoxy) is 3. The third kappa shape index (κ3) is 9.95. The summed E-state index contributed by atoms with van der Waals surface area (Å²) >= 11 is 0. The van der Waals surface area contributed by atoms with Gasteiger partial charge in [0.15, 0.2) is 0 Å². The molecule has 0 saturated heterocycles. The lowest BCUT2D eigenvalue weighted by atomic mass is 9.34. The molecule has 0 saturated carbocycles. The summed E-state index contributed by atoms with van der Waals surface area (Å²) in [5.41, 5.74) is 28.7. The van der Waals surface area contributed by atoms with Crippen molar-refractivity contribution < 1.29 is 14.2 Å². The predicted molar refractivity (Wildman–Crippen MR) is 441 cm³/mol. The van der Waals surface area contributed by atoms with Crippen LogP contribution in [0.3, 0.4) is 0 Å². The van der Waals surface area contributed by atoms with Gasteiger partial charge in [0, 0.05) is 61.4 Å². The summed E-state index contributed by atoms with van der Waals surface area (Å²) in [6.45, 7) is 20.1. The monoisotopic (exact) mass is 1360 g/mol. The van der Waals surface area contributed by atoms with Crippen LogP contribution in [0.1, 0.15) is 84.6 Å². The molecule has 16 aromatic rings. The minimum absolute atomic E-state index is 0.0639. The van der Waals surface area contributed by atoms with E-state index in [-0.39, 0.29) is 29.7 Å². The smallest absolute Gasteiger partial charge is 0.260 e. The molecule has 20 rings (SSSR count). The number of para-hydroxylation sites is 1. The number of nitriles is 1. The fourth-order valence-corrected chi connectivity index (χ4v) is 17.3. The van der Waals surface area contributed by atoms with Gasteiger partial charge in [0.2, 0.25) is 0 Å². The van der Waals surface area contributed by atoms with Crippen LogP contribution in [0.5, 0.6) is 34.5 Å². The number of hydrogen-bond acceptors (Lipinski definition) is 5. The maximum absolute atomic E-state index is 10.3. The minimum atomic E-state index is -0.279. The van der Waals surface area contributed by atoms with Crippen molar-refractivity contribution in [2.45, 2.75) is 78.6 Å². The molecule has 0 unspecified atom stereocenters. The van der Waals surface area contributed by atoms with Gasteiger partial charge in [-0.25, -0.2) is 0 Å². The lowest BCUT2D eigenvalue weighted by Crippen LogP contribution is -2.59. The molecule has 0 radical (unpaired) electrons. The van der Waals surface area contributed by atoms with Crippen LogP contribution in [-0.4, -0.2) is 22.6 Å². The van der Waals surface area contributed by atoms with Crippen molar-refractivity contribution in [1.29, 1.82) is 5.26 Å². The van der Waals surface area contributed by atoms with Crippen LogP contribution < -0.4 is 51.9 Å². The molecule has 4 aliphatic rings. The summed E-state index contributed by atoms with van der Waals surface area (Å²) in [6.07, 6.45) is 0. The van der Waals surface area contributed by atoms with Gasteiger partial charge in [0.1, 0.15) is 34.5 Å². The van der Waals surface area contributed by atoms with Crippen LogP contribution in [0.25, 0.3) is 99.5 Å². The molecule has 14 aromatic carbocycles. The first kappa shape index (κ1) is 63.2. The molecule has 2 aromatic heterocycles. The summed E-state index contributed by atoms with van der Waals surface area (Å²) in [7, 11) is 0. The molecule has 7 nitrogen and oxygen atoms in total. The number of benzene rings is 14. The maximum Gasteiger partial charge on any atom is 0.260 e. The Morgan fingerprint density at radius 1 is 0.292 bits per heavy atom. The molecule has 0 spiro atoms. The van der Waals surface area contributed by atoms with Crippen molar-refractivity contribution in [3.63, 3.8) is 0 Å². The second-order valence-corrected chi connectivity index (χ2v) is 32.3. The largest absolute Gasteiger partial charge is 0.458 e. The summed E-state index contributed by atoms with van der Waals surface area (Å²) in [5, 5.41) is 14.9. The van der Waals surface area contributed by atoms with E-state index in [0.29, 0.717) is 5.56 Å². The highest BCUT2D eigenvalue weighted by Gasteiger charge is 2.45. The number of nitrogens with zero attached hydrogens (tertiary/aromatic N) is 4. The highest BCUT2D eigenvalue weighted by molar-refractivity contribution is 6.99. The van der Waals surface area contributed by atoms with Gasteiger partial charge >= 0.3 is 0 Å². The fraction of sp³-hybridized carbons (Fsp3) is 0.124. The molecule has 0 N–H and O–H groups in total. The molecule has 0 aliphatic carbocycles. The summed E-state index contributed by atoms with van der Waals surface area (Å²) in [5.74, 6) is 4.63. The maximum atomic E-state index is 10.3. The number of aromatic nitrogens is 2. The van der Waals surface area contributed by atoms with Crippen molar-refractivity contribution in [2.24, 2.45) is 0 Å². The van der Waals surface area contributed by atoms with Crippen molar-refractivity contribution >= 4 is 107 Å². The van der Waals surface area contributed by atoms with E-state index in [2.05, 4.69) is 355 Å². The fourth-order valence-electron chi connectivity index (χ4n) is 17.3. The van der Waals surface area contributed by atoms with Crippen molar-refractivity contribution in [1.82, 2.24) is 9.13 Å². The number of rotatable bonds is 7. The van der Waals surface area contributed by atoms with Crippen LogP contribution in [0, 0.1) is 11.3 Å². The Labute approximate surface area is 618 Å². The molecular formula is C97H74B2N4O3. The standard InChI is InChI=1S/C97H74B2N4O3/c1-95(2,3)66-32-41-82-73(52-66)72-45-58(57-100)29-40-81(72)102(82)70-36-39-78-89(56-70)106-90-49-64(65-50-91-94-92(51-65)105-88-48-63(60-23-15-11-16-24-60)30-37-77(88)99(94)79-46-62(31-44-87(79)104-91)59-21-13-10-14-22-59)47-86-93(90)98(78)76-38-35-69(55-85(76)103(86)80-28-20-19-27-71(80)61-25-17-12-18-26-61)101-83-42-33-67(96(4,5)6)53-74(83)75-54-68(97(7,8)9)34-43-84(75)101/h10-56H,1-9H3. The van der Waals surface area contributed by atoms with E-state index in [9.17, 15) is 5.26 Å². The van der Waals surface area contributed by atoms with Crippen LogP contribution in [0.4, 0.5) is 17.1 Å². The Hall–Kier alpha value is -12.5. The Balaban J connectivity index is 0.843. The molecular weight excluding hydrogens is 1290 g/mol. The molecule has 0 atom stereocenters. The molecule has 9 heteroatoms. The van der Waals surface area contributed by atoms with Gasteiger partial charge in [0.25, 0.3) is 13.4 Å². The number of anilines is 3. The van der Waals surface area contributed by atoms with E-state index in [4.69, 9.17) is 14.2 Å². The zero-order valence-corrected chi connectivity index (χ0v) is 60.8. The zero-order valence-electron chi connectivity index (χ0n) is 60.8. The van der Waals surface area contributed by atoms with Gasteiger partial charge in [-0.05, 0) is 214 Å². The van der Waals surface area contributed by atoms with Gasteiger partial charge < -0.3 is 28.2 Å². The Morgan fingerprint density at radius 3 is 1.29 bits per heavy atom. The van der Waals surface area contributed by atoms with Crippen LogP contribution in [0.15, 0.2) is 285 Å². The highest BCUT2D eigenvalue weighted by Crippen LogP contribution is 2.50. The van der Waals surface area contributed by atoms with E-state index in [1.807, 2.05) is 12.1 Å². The normalized spacial score (nSPS) is 13.3. The Bertz CT molecular complexity index is 6390. The lowest BCUT2D eigenvalue weighted by molar-refractivity contribution is 0.465. The van der Waals surface area contributed by atoms with E-state index in [1.54, 1.807) is 0 Å². The Kier molecular flexibility index (Phi) is 13.9. The first-order valence-corrected chi connectivity index (χ1v) is 37.0. The van der Waals surface area contributed by atoms with Crippen LogP contribution in [0.2, 0.25) is 0 Å². The topological polar surface area (TPSA) is 64.6 Å². The van der Waals surface area contributed by atoms with Gasteiger partial charge in [-0.15, -0.1) is 0 Å². The van der Waals surface area contributed by atoms with E-state index in [1.165, 1.54) is 27.5 Å². The first-order valence-electron chi connectivity index (χ1n) is 37.0. The van der Waals surface area contributed by atoms with Gasteiger partial charge in [-0.1, -0.05) is 226 Å². The average molecular weight is 1370 g/mol. The van der Waals surface area contributed by atoms with Crippen molar-refractivity contribution in [2.75, 3.05) is 4.90 Å². The van der Waals surface area contributed by atoms with Crippen molar-refractivity contribution in [3.05, 3.63) is 307 Å². The second-order valence-electron chi connectivity index (χ2n) is 32.3. The lowest BCUT2D eigenvalue weighted by Gasteiger charge is -2.41. The van der Waals surface area contributed by atoms with Crippen LogP contribution >= 0.6 is 0 Å². The highest BCUT2D eigenvalue weighted by atomic mass is 16.5. The SMILES string of the molecule is CC(C)(C)c1ccc2c(c1)c1cc(C#N)ccc1n2-c1ccc2c(c1)Oc1cc(-c3cc4c5c(c3)Oc3ccc(-c6ccccc6)cc3B5c3ccc(-c5ccccc5)cc3O4)cc3c1B2c1ccc(-n2c4ccc(C(C)(C)C)cc4c4cc(C(C)(C)C)ccc42)cc1N3c1ccccc1-c1ccccc1. The predicted octanol–water partition coefficient (Wildman–Crippen LogP) is 21.4. The third-order valence-electron chi connectivity index (χ3n) is 22.8.